The predicted molar refractivity (Wildman–Crippen MR) is 206 cm³/mol. The third-order valence-corrected chi connectivity index (χ3v) is 11.5. The third kappa shape index (κ3) is 3.58. The molecular formula is C46H26S. The van der Waals surface area contributed by atoms with E-state index in [1.807, 2.05) is 11.3 Å². The van der Waals surface area contributed by atoms with Crippen LogP contribution in [-0.4, -0.2) is 0 Å². The first-order valence-corrected chi connectivity index (χ1v) is 17.1. The van der Waals surface area contributed by atoms with Gasteiger partial charge >= 0.3 is 0 Å². The quantitative estimate of drug-likeness (QED) is 0.135. The fourth-order valence-corrected chi connectivity index (χ4v) is 9.29. The van der Waals surface area contributed by atoms with Crippen molar-refractivity contribution < 1.29 is 0 Å². The van der Waals surface area contributed by atoms with Gasteiger partial charge < -0.3 is 0 Å². The lowest BCUT2D eigenvalue weighted by Crippen LogP contribution is -1.87. The van der Waals surface area contributed by atoms with Crippen molar-refractivity contribution in [1.29, 1.82) is 0 Å². The van der Waals surface area contributed by atoms with E-state index in [-0.39, 0.29) is 0 Å². The van der Waals surface area contributed by atoms with E-state index in [9.17, 15) is 0 Å². The molecule has 47 heavy (non-hydrogen) atoms. The largest absolute Gasteiger partial charge is 0.135 e. The van der Waals surface area contributed by atoms with E-state index in [0.29, 0.717) is 0 Å². The Balaban J connectivity index is 1.17. The second-order valence-corrected chi connectivity index (χ2v) is 13.9. The topological polar surface area (TPSA) is 0 Å². The van der Waals surface area contributed by atoms with Crippen molar-refractivity contribution in [3.05, 3.63) is 158 Å². The molecule has 0 aliphatic carbocycles. The van der Waals surface area contributed by atoms with E-state index in [2.05, 4.69) is 158 Å². The Hall–Kier alpha value is -5.76. The van der Waals surface area contributed by atoms with Crippen molar-refractivity contribution in [3.63, 3.8) is 0 Å². The molecule has 216 valence electrons. The van der Waals surface area contributed by atoms with Gasteiger partial charge in [0.05, 0.1) is 0 Å². The highest BCUT2D eigenvalue weighted by Gasteiger charge is 2.16. The van der Waals surface area contributed by atoms with Crippen LogP contribution in [-0.2, 0) is 0 Å². The number of fused-ring (bicyclic) bond motifs is 7. The van der Waals surface area contributed by atoms with Gasteiger partial charge in [0.2, 0.25) is 0 Å². The van der Waals surface area contributed by atoms with Gasteiger partial charge in [0, 0.05) is 20.2 Å². The van der Waals surface area contributed by atoms with E-state index in [4.69, 9.17) is 0 Å². The fourth-order valence-electron chi connectivity index (χ4n) is 8.22. The van der Waals surface area contributed by atoms with Gasteiger partial charge in [-0.2, -0.15) is 0 Å². The van der Waals surface area contributed by atoms with Crippen LogP contribution in [0.1, 0.15) is 0 Å². The molecule has 0 saturated carbocycles. The molecule has 1 heterocycles. The van der Waals surface area contributed by atoms with Gasteiger partial charge in [-0.1, -0.05) is 127 Å². The van der Waals surface area contributed by atoms with Crippen LogP contribution in [0.15, 0.2) is 158 Å². The molecule has 0 N–H and O–H groups in total. The Morgan fingerprint density at radius 3 is 1.72 bits per heavy atom. The first-order valence-electron chi connectivity index (χ1n) is 16.3. The molecule has 10 aromatic carbocycles. The van der Waals surface area contributed by atoms with Crippen LogP contribution in [0.25, 0.3) is 107 Å². The molecule has 1 aromatic heterocycles. The van der Waals surface area contributed by atoms with E-state index >= 15 is 0 Å². The lowest BCUT2D eigenvalue weighted by molar-refractivity contribution is 1.72. The first-order chi connectivity index (χ1) is 23.3. The van der Waals surface area contributed by atoms with Crippen molar-refractivity contribution >= 4 is 96.1 Å². The lowest BCUT2D eigenvalue weighted by atomic mass is 9.89. The number of thiophene rings is 1. The minimum atomic E-state index is 1.27. The highest BCUT2D eigenvalue weighted by Crippen LogP contribution is 2.44. The zero-order valence-electron chi connectivity index (χ0n) is 25.4. The van der Waals surface area contributed by atoms with Crippen molar-refractivity contribution in [1.82, 2.24) is 0 Å². The van der Waals surface area contributed by atoms with Crippen LogP contribution >= 0.6 is 11.3 Å². The summed E-state index contributed by atoms with van der Waals surface area (Å²) in [6.07, 6.45) is 0. The maximum atomic E-state index is 2.44. The van der Waals surface area contributed by atoms with Crippen molar-refractivity contribution in [2.75, 3.05) is 0 Å². The molecule has 0 amide bonds. The Bertz CT molecular complexity index is 3050. The van der Waals surface area contributed by atoms with Crippen LogP contribution in [0.5, 0.6) is 0 Å². The summed E-state index contributed by atoms with van der Waals surface area (Å²) in [5.74, 6) is 0. The minimum absolute atomic E-state index is 1.27. The standard InChI is InChI=1S/C46H26S/c1-3-10-34-27(6-1)14-20-38-39(34)24-31-7-2-4-11-36(31)45(38)33-18-23-43-41(26-33)40-25-32(17-22-42(40)47-43)35-19-15-30-13-12-28-8-5-9-29-16-21-37(35)46(30)44(28)29/h1-26H. The highest BCUT2D eigenvalue weighted by atomic mass is 32.1. The summed E-state index contributed by atoms with van der Waals surface area (Å²) in [6, 6.07) is 59.1. The second-order valence-electron chi connectivity index (χ2n) is 12.8. The molecule has 0 atom stereocenters. The van der Waals surface area contributed by atoms with Gasteiger partial charge in [-0.15, -0.1) is 11.3 Å². The fraction of sp³-hybridized carbons (Fsp3) is 0. The van der Waals surface area contributed by atoms with Crippen molar-refractivity contribution in [3.8, 4) is 22.3 Å². The van der Waals surface area contributed by atoms with Crippen LogP contribution in [0.3, 0.4) is 0 Å². The molecule has 11 aromatic rings. The molecule has 1 heteroatoms. The van der Waals surface area contributed by atoms with Crippen LogP contribution in [0, 0.1) is 0 Å². The molecule has 0 bridgehead atoms. The number of hydrogen-bond donors (Lipinski definition) is 0. The SMILES string of the molecule is c1ccc2c(-c3ccc4sc5ccc(-c6ccc7ccc8cccc9ccc6c7c89)cc5c4c3)c3ccc4ccccc4c3cc2c1. The first kappa shape index (κ1) is 25.4. The predicted octanol–water partition coefficient (Wildman–Crippen LogP) is 13.7. The van der Waals surface area contributed by atoms with Gasteiger partial charge in [-0.05, 0) is 117 Å². The molecule has 11 rings (SSSR count). The Morgan fingerprint density at radius 2 is 0.894 bits per heavy atom. The van der Waals surface area contributed by atoms with Gasteiger partial charge in [-0.25, -0.2) is 0 Å². The van der Waals surface area contributed by atoms with Crippen molar-refractivity contribution in [2.24, 2.45) is 0 Å². The van der Waals surface area contributed by atoms with E-state index in [0.717, 1.165) is 0 Å². The van der Waals surface area contributed by atoms with E-state index in [1.54, 1.807) is 0 Å². The van der Waals surface area contributed by atoms with Gasteiger partial charge in [0.15, 0.2) is 0 Å². The van der Waals surface area contributed by atoms with Gasteiger partial charge in [0.25, 0.3) is 0 Å². The van der Waals surface area contributed by atoms with Gasteiger partial charge in [-0.3, -0.25) is 0 Å². The summed E-state index contributed by atoms with van der Waals surface area (Å²) in [5.41, 5.74) is 5.14. The van der Waals surface area contributed by atoms with E-state index in [1.165, 1.54) is 107 Å². The number of rotatable bonds is 2. The second kappa shape index (κ2) is 9.39. The Labute approximate surface area is 275 Å². The smallest absolute Gasteiger partial charge is 0.0355 e. The molecule has 0 spiro atoms. The minimum Gasteiger partial charge on any atom is -0.135 e. The average Bonchev–Trinajstić information content (AvgIpc) is 3.50. The normalized spacial score (nSPS) is 12.3. The van der Waals surface area contributed by atoms with Gasteiger partial charge in [0.1, 0.15) is 0 Å². The Morgan fingerprint density at radius 1 is 0.298 bits per heavy atom. The average molecular weight is 611 g/mol. The number of benzene rings is 10. The monoisotopic (exact) mass is 610 g/mol. The van der Waals surface area contributed by atoms with Crippen LogP contribution < -0.4 is 0 Å². The maximum absolute atomic E-state index is 2.44. The van der Waals surface area contributed by atoms with Crippen molar-refractivity contribution in [2.45, 2.75) is 0 Å². The number of hydrogen-bond acceptors (Lipinski definition) is 1. The molecule has 0 saturated heterocycles. The van der Waals surface area contributed by atoms with Crippen LogP contribution in [0.4, 0.5) is 0 Å². The molecular weight excluding hydrogens is 585 g/mol. The zero-order chi connectivity index (χ0) is 30.6. The summed E-state index contributed by atoms with van der Waals surface area (Å²) in [5, 5.41) is 18.4. The molecule has 0 aliphatic heterocycles. The lowest BCUT2D eigenvalue weighted by Gasteiger charge is -2.15. The molecule has 0 radical (unpaired) electrons. The Kier molecular flexibility index (Phi) is 5.08. The van der Waals surface area contributed by atoms with E-state index < -0.39 is 0 Å². The summed E-state index contributed by atoms with van der Waals surface area (Å²) >= 11 is 1.89. The summed E-state index contributed by atoms with van der Waals surface area (Å²) in [4.78, 5) is 0. The molecule has 0 fully saturated rings. The molecule has 0 unspecified atom stereocenters. The zero-order valence-corrected chi connectivity index (χ0v) is 26.2. The van der Waals surface area contributed by atoms with Crippen LogP contribution in [0.2, 0.25) is 0 Å². The summed E-state index contributed by atoms with van der Waals surface area (Å²) in [6.45, 7) is 0. The summed E-state index contributed by atoms with van der Waals surface area (Å²) in [7, 11) is 0. The maximum Gasteiger partial charge on any atom is 0.0355 e. The highest BCUT2D eigenvalue weighted by molar-refractivity contribution is 7.25. The summed E-state index contributed by atoms with van der Waals surface area (Å²) < 4.78 is 2.65. The molecule has 0 nitrogen and oxygen atoms in total. The molecule has 0 aliphatic rings. The third-order valence-electron chi connectivity index (χ3n) is 10.4.